The minimum atomic E-state index is 0.276. The highest BCUT2D eigenvalue weighted by atomic mass is 16.4. The molecule has 4 nitrogen and oxygen atoms in total. The van der Waals surface area contributed by atoms with Gasteiger partial charge in [0.15, 0.2) is 5.58 Å². The Morgan fingerprint density at radius 3 is 2.29 bits per heavy atom. The summed E-state index contributed by atoms with van der Waals surface area (Å²) in [7, 11) is 0. The number of rotatable bonds is 3. The van der Waals surface area contributed by atoms with Crippen molar-refractivity contribution < 1.29 is 8.83 Å². The molecule has 4 heteroatoms. The number of hydrogen-bond acceptors (Lipinski definition) is 4. The Morgan fingerprint density at radius 1 is 0.610 bits per heavy atom. The Bertz CT molecular complexity index is 2170. The number of anilines is 2. The molecular formula is C37H24N2O2. The maximum Gasteiger partial charge on any atom is 0.227 e. The van der Waals surface area contributed by atoms with E-state index in [4.69, 9.17) is 13.8 Å². The van der Waals surface area contributed by atoms with Crippen molar-refractivity contribution >= 4 is 44.4 Å². The fourth-order valence-corrected chi connectivity index (χ4v) is 6.54. The van der Waals surface area contributed by atoms with Crippen LogP contribution in [0, 0.1) is 0 Å². The van der Waals surface area contributed by atoms with E-state index in [0.717, 1.165) is 55.4 Å². The zero-order valence-corrected chi connectivity index (χ0v) is 22.1. The van der Waals surface area contributed by atoms with E-state index in [0.29, 0.717) is 11.8 Å². The van der Waals surface area contributed by atoms with Crippen LogP contribution in [0.4, 0.5) is 11.4 Å². The Balaban J connectivity index is 1.11. The molecule has 0 saturated carbocycles. The average Bonchev–Trinajstić information content (AvgIpc) is 3.73. The highest BCUT2D eigenvalue weighted by molar-refractivity contribution is 6.17. The number of allylic oxidation sites excluding steroid dienone is 2. The standard InChI is InChI=1S/C37H24N2O2/c1-2-8-23(9-3-1)25-16-19-29-34(22-25)40-32-20-21-33-36(35(29)32)38-37(41-33)24-14-17-26(18-15-24)39-30-12-6-4-10-27(30)28-11-5-7-13-31(28)39/h1-22,27,30H. The molecule has 41 heavy (non-hydrogen) atoms. The molecule has 194 valence electrons. The molecule has 5 aromatic carbocycles. The van der Waals surface area contributed by atoms with Gasteiger partial charge in [-0.1, -0.05) is 78.9 Å². The molecule has 0 amide bonds. The predicted octanol–water partition coefficient (Wildman–Crippen LogP) is 9.79. The lowest BCUT2D eigenvalue weighted by Crippen LogP contribution is -2.28. The first-order valence-electron chi connectivity index (χ1n) is 14.0. The van der Waals surface area contributed by atoms with E-state index in [-0.39, 0.29) is 6.04 Å². The minimum absolute atomic E-state index is 0.276. The first-order chi connectivity index (χ1) is 20.3. The van der Waals surface area contributed by atoms with Crippen molar-refractivity contribution in [2.75, 3.05) is 4.90 Å². The summed E-state index contributed by atoms with van der Waals surface area (Å²) in [5.74, 6) is 0.971. The number of oxazole rings is 1. The number of para-hydroxylation sites is 1. The van der Waals surface area contributed by atoms with Gasteiger partial charge < -0.3 is 13.7 Å². The monoisotopic (exact) mass is 528 g/mol. The molecule has 3 heterocycles. The predicted molar refractivity (Wildman–Crippen MR) is 166 cm³/mol. The summed E-state index contributed by atoms with van der Waals surface area (Å²) in [4.78, 5) is 7.41. The molecule has 0 saturated heterocycles. The maximum absolute atomic E-state index is 6.29. The van der Waals surface area contributed by atoms with Crippen LogP contribution in [0.2, 0.25) is 0 Å². The van der Waals surface area contributed by atoms with Gasteiger partial charge in [0.05, 0.1) is 11.4 Å². The second-order valence-corrected chi connectivity index (χ2v) is 10.7. The molecule has 1 aliphatic heterocycles. The van der Waals surface area contributed by atoms with Crippen LogP contribution < -0.4 is 4.90 Å². The van der Waals surface area contributed by atoms with Crippen molar-refractivity contribution in [2.24, 2.45) is 0 Å². The number of fused-ring (bicyclic) bond motifs is 8. The van der Waals surface area contributed by atoms with Crippen LogP contribution in [0.15, 0.2) is 142 Å². The van der Waals surface area contributed by atoms with Gasteiger partial charge in [0.1, 0.15) is 16.7 Å². The highest BCUT2D eigenvalue weighted by Crippen LogP contribution is 2.47. The summed E-state index contributed by atoms with van der Waals surface area (Å²) < 4.78 is 12.6. The van der Waals surface area contributed by atoms with Gasteiger partial charge in [-0.05, 0) is 71.3 Å². The third kappa shape index (κ3) is 3.37. The lowest BCUT2D eigenvalue weighted by Gasteiger charge is -2.28. The summed E-state index contributed by atoms with van der Waals surface area (Å²) in [5.41, 5.74) is 10.2. The molecule has 7 aromatic rings. The molecule has 0 spiro atoms. The van der Waals surface area contributed by atoms with Gasteiger partial charge in [-0.2, -0.15) is 0 Å². The van der Waals surface area contributed by atoms with Gasteiger partial charge in [0, 0.05) is 28.2 Å². The minimum Gasteiger partial charge on any atom is -0.456 e. The Hall–Kier alpha value is -5.35. The fourth-order valence-electron chi connectivity index (χ4n) is 6.54. The zero-order valence-electron chi connectivity index (χ0n) is 22.1. The largest absolute Gasteiger partial charge is 0.456 e. The molecule has 2 aromatic heterocycles. The second-order valence-electron chi connectivity index (χ2n) is 10.7. The molecule has 9 rings (SSSR count). The number of nitrogens with zero attached hydrogens (tertiary/aromatic N) is 2. The van der Waals surface area contributed by atoms with Gasteiger partial charge >= 0.3 is 0 Å². The fraction of sp³-hybridized carbons (Fsp3) is 0.0541. The third-order valence-electron chi connectivity index (χ3n) is 8.45. The molecule has 1 aliphatic carbocycles. The van der Waals surface area contributed by atoms with Crippen molar-refractivity contribution in [2.45, 2.75) is 12.0 Å². The molecule has 2 unspecified atom stereocenters. The smallest absolute Gasteiger partial charge is 0.227 e. The number of aromatic nitrogens is 1. The molecule has 2 atom stereocenters. The zero-order chi connectivity index (χ0) is 26.9. The molecular weight excluding hydrogens is 504 g/mol. The molecule has 0 radical (unpaired) electrons. The Kier molecular flexibility index (Phi) is 4.70. The summed E-state index contributed by atoms with van der Waals surface area (Å²) in [5, 5.41) is 2.03. The van der Waals surface area contributed by atoms with Crippen LogP contribution in [-0.2, 0) is 0 Å². The Labute approximate surface area is 236 Å². The van der Waals surface area contributed by atoms with E-state index in [1.54, 1.807) is 0 Å². The molecule has 0 bridgehead atoms. The van der Waals surface area contributed by atoms with Gasteiger partial charge in [0.25, 0.3) is 0 Å². The maximum atomic E-state index is 6.29. The van der Waals surface area contributed by atoms with Crippen molar-refractivity contribution in [1.29, 1.82) is 0 Å². The lowest BCUT2D eigenvalue weighted by molar-refractivity contribution is 0.619. The first-order valence-corrected chi connectivity index (χ1v) is 14.0. The summed E-state index contributed by atoms with van der Waals surface area (Å²) in [6, 6.07) is 38.2. The summed E-state index contributed by atoms with van der Waals surface area (Å²) in [6.07, 6.45) is 8.90. The number of benzene rings is 5. The first kappa shape index (κ1) is 22.5. The molecule has 0 N–H and O–H groups in total. The SMILES string of the molecule is C1=CC2c3ccccc3N(c3ccc(-c4nc5c(ccc6oc7cc(-c8ccccc8)ccc7c65)o4)cc3)C2C=C1. The normalized spacial score (nSPS) is 17.5. The van der Waals surface area contributed by atoms with Gasteiger partial charge in [0.2, 0.25) is 5.89 Å². The van der Waals surface area contributed by atoms with Crippen molar-refractivity contribution in [3.8, 4) is 22.6 Å². The van der Waals surface area contributed by atoms with Crippen LogP contribution in [-0.4, -0.2) is 11.0 Å². The second kappa shape index (κ2) is 8.57. The van der Waals surface area contributed by atoms with Gasteiger partial charge in [-0.15, -0.1) is 0 Å². The van der Waals surface area contributed by atoms with Crippen molar-refractivity contribution in [3.05, 3.63) is 139 Å². The van der Waals surface area contributed by atoms with Crippen LogP contribution in [0.3, 0.4) is 0 Å². The van der Waals surface area contributed by atoms with Gasteiger partial charge in [-0.25, -0.2) is 4.98 Å². The quantitative estimate of drug-likeness (QED) is 0.229. The molecule has 2 aliphatic rings. The van der Waals surface area contributed by atoms with E-state index in [1.807, 2.05) is 18.2 Å². The van der Waals surface area contributed by atoms with Crippen LogP contribution in [0.1, 0.15) is 11.5 Å². The number of furan rings is 1. The van der Waals surface area contributed by atoms with E-state index in [9.17, 15) is 0 Å². The van der Waals surface area contributed by atoms with Crippen LogP contribution in [0.5, 0.6) is 0 Å². The van der Waals surface area contributed by atoms with Crippen LogP contribution in [0.25, 0.3) is 55.6 Å². The van der Waals surface area contributed by atoms with Crippen molar-refractivity contribution in [3.63, 3.8) is 0 Å². The topological polar surface area (TPSA) is 42.4 Å². The highest BCUT2D eigenvalue weighted by Gasteiger charge is 2.36. The Morgan fingerprint density at radius 2 is 1.39 bits per heavy atom. The van der Waals surface area contributed by atoms with E-state index >= 15 is 0 Å². The van der Waals surface area contributed by atoms with E-state index in [2.05, 4.69) is 120 Å². The molecule has 0 fully saturated rings. The average molecular weight is 529 g/mol. The summed E-state index contributed by atoms with van der Waals surface area (Å²) >= 11 is 0. The van der Waals surface area contributed by atoms with Gasteiger partial charge in [-0.3, -0.25) is 0 Å². The van der Waals surface area contributed by atoms with E-state index < -0.39 is 0 Å². The number of hydrogen-bond donors (Lipinski definition) is 0. The third-order valence-corrected chi connectivity index (χ3v) is 8.45. The van der Waals surface area contributed by atoms with Crippen LogP contribution >= 0.6 is 0 Å². The van der Waals surface area contributed by atoms with E-state index in [1.165, 1.54) is 11.3 Å². The van der Waals surface area contributed by atoms with Crippen molar-refractivity contribution in [1.82, 2.24) is 4.98 Å². The lowest BCUT2D eigenvalue weighted by atomic mass is 9.91. The summed E-state index contributed by atoms with van der Waals surface area (Å²) in [6.45, 7) is 0.